The second-order valence-electron chi connectivity index (χ2n) is 6.88. The van der Waals surface area contributed by atoms with Gasteiger partial charge in [-0.05, 0) is 30.9 Å². The molecule has 2 atom stereocenters. The summed E-state index contributed by atoms with van der Waals surface area (Å²) in [6.07, 6.45) is 5.11. The molecule has 0 radical (unpaired) electrons. The van der Waals surface area contributed by atoms with Crippen LogP contribution in [0.25, 0.3) is 10.1 Å². The first kappa shape index (κ1) is 19.3. The largest absolute Gasteiger partial charge is 0.380 e. The van der Waals surface area contributed by atoms with Crippen LogP contribution >= 0.6 is 11.3 Å². The Morgan fingerprint density at radius 2 is 2.15 bits per heavy atom. The number of methoxy groups -OCH3 is 1. The van der Waals surface area contributed by atoms with E-state index in [1.54, 1.807) is 13.2 Å². The number of halogens is 1. The minimum atomic E-state index is -0.320. The summed E-state index contributed by atoms with van der Waals surface area (Å²) >= 11 is 1.30. The second-order valence-corrected chi connectivity index (χ2v) is 7.93. The fourth-order valence-corrected chi connectivity index (χ4v) is 4.76. The van der Waals surface area contributed by atoms with Crippen molar-refractivity contribution in [2.75, 3.05) is 20.3 Å². The highest BCUT2D eigenvalue weighted by atomic mass is 32.1. The standard InChI is InChI=1S/C20H26FNO3S/c1-13-6-3-4-8-16(13)25-11-10-22-20(23)19-14(12-24-2)18-15(21)7-5-9-17(18)26-19/h5,7,9,13,16H,3-4,6,8,10-12H2,1-2H3,(H,22,23). The van der Waals surface area contributed by atoms with Gasteiger partial charge in [0.05, 0.1) is 24.2 Å². The fourth-order valence-electron chi connectivity index (χ4n) is 3.62. The molecule has 1 aliphatic carbocycles. The molecule has 2 aromatic rings. The van der Waals surface area contributed by atoms with E-state index in [0.29, 0.717) is 41.0 Å². The summed E-state index contributed by atoms with van der Waals surface area (Å²) in [5.74, 6) is 0.0655. The van der Waals surface area contributed by atoms with Gasteiger partial charge in [-0.1, -0.05) is 25.8 Å². The topological polar surface area (TPSA) is 47.6 Å². The quantitative estimate of drug-likeness (QED) is 0.720. The van der Waals surface area contributed by atoms with Crippen LogP contribution in [-0.4, -0.2) is 32.3 Å². The molecule has 0 saturated heterocycles. The monoisotopic (exact) mass is 379 g/mol. The van der Waals surface area contributed by atoms with Crippen molar-refractivity contribution >= 4 is 27.3 Å². The molecule has 142 valence electrons. The normalized spacial score (nSPS) is 20.4. The number of carbonyl (C=O) groups excluding carboxylic acids is 1. The van der Waals surface area contributed by atoms with Gasteiger partial charge in [-0.3, -0.25) is 4.79 Å². The molecule has 1 amide bonds. The highest BCUT2D eigenvalue weighted by Gasteiger charge is 2.22. The van der Waals surface area contributed by atoms with E-state index < -0.39 is 0 Å². The summed E-state index contributed by atoms with van der Waals surface area (Å²) in [7, 11) is 1.55. The first-order valence-electron chi connectivity index (χ1n) is 9.20. The lowest BCUT2D eigenvalue weighted by atomic mass is 9.88. The molecular formula is C20H26FNO3S. The van der Waals surface area contributed by atoms with E-state index in [1.807, 2.05) is 6.07 Å². The molecule has 1 heterocycles. The Bertz CT molecular complexity index is 761. The number of fused-ring (bicyclic) bond motifs is 1. The molecule has 3 rings (SSSR count). The molecule has 1 aromatic carbocycles. The Morgan fingerprint density at radius 3 is 2.92 bits per heavy atom. The van der Waals surface area contributed by atoms with Crippen LogP contribution in [0.5, 0.6) is 0 Å². The van der Waals surface area contributed by atoms with Gasteiger partial charge in [0.15, 0.2) is 0 Å². The Balaban J connectivity index is 1.62. The molecule has 1 aliphatic rings. The molecule has 1 fully saturated rings. The minimum Gasteiger partial charge on any atom is -0.380 e. The van der Waals surface area contributed by atoms with E-state index in [9.17, 15) is 9.18 Å². The highest BCUT2D eigenvalue weighted by Crippen LogP contribution is 2.33. The van der Waals surface area contributed by atoms with Crippen LogP contribution in [-0.2, 0) is 16.1 Å². The minimum absolute atomic E-state index is 0.196. The number of ether oxygens (including phenoxy) is 2. The molecule has 1 N–H and O–H groups in total. The number of thiophene rings is 1. The first-order valence-corrected chi connectivity index (χ1v) is 10.0. The number of amides is 1. The summed E-state index contributed by atoms with van der Waals surface area (Å²) in [4.78, 5) is 13.1. The van der Waals surface area contributed by atoms with Gasteiger partial charge < -0.3 is 14.8 Å². The highest BCUT2D eigenvalue weighted by molar-refractivity contribution is 7.21. The van der Waals surface area contributed by atoms with Crippen molar-refractivity contribution in [3.63, 3.8) is 0 Å². The van der Waals surface area contributed by atoms with Crippen LogP contribution in [0, 0.1) is 11.7 Å². The summed E-state index contributed by atoms with van der Waals surface area (Å²) in [5, 5.41) is 3.38. The van der Waals surface area contributed by atoms with Gasteiger partial charge in [-0.25, -0.2) is 4.39 Å². The van der Waals surface area contributed by atoms with Gasteiger partial charge in [0.2, 0.25) is 0 Å². The molecule has 2 unspecified atom stereocenters. The molecule has 26 heavy (non-hydrogen) atoms. The maximum Gasteiger partial charge on any atom is 0.261 e. The van der Waals surface area contributed by atoms with Crippen molar-refractivity contribution in [3.8, 4) is 0 Å². The maximum atomic E-state index is 14.2. The summed E-state index contributed by atoms with van der Waals surface area (Å²) < 4.78 is 26.1. The fraction of sp³-hybridized carbons (Fsp3) is 0.550. The van der Waals surface area contributed by atoms with Gasteiger partial charge in [-0.2, -0.15) is 0 Å². The van der Waals surface area contributed by atoms with Gasteiger partial charge in [0.1, 0.15) is 5.82 Å². The zero-order valence-corrected chi connectivity index (χ0v) is 16.2. The molecule has 0 bridgehead atoms. The van der Waals surface area contributed by atoms with Crippen molar-refractivity contribution in [2.24, 2.45) is 5.92 Å². The third-order valence-electron chi connectivity index (χ3n) is 5.01. The third-order valence-corrected chi connectivity index (χ3v) is 6.21. The molecule has 0 aliphatic heterocycles. The number of carbonyl (C=O) groups is 1. The smallest absolute Gasteiger partial charge is 0.261 e. The average molecular weight is 379 g/mol. The Labute approximate surface area is 157 Å². The van der Waals surface area contributed by atoms with Crippen molar-refractivity contribution in [2.45, 2.75) is 45.3 Å². The number of nitrogens with one attached hydrogen (secondary N) is 1. The molecule has 1 aromatic heterocycles. The van der Waals surface area contributed by atoms with Gasteiger partial charge in [0, 0.05) is 29.3 Å². The summed E-state index contributed by atoms with van der Waals surface area (Å²) in [5.41, 5.74) is 0.616. The molecule has 6 heteroatoms. The van der Waals surface area contributed by atoms with E-state index in [2.05, 4.69) is 12.2 Å². The lowest BCUT2D eigenvalue weighted by molar-refractivity contribution is -0.00293. The SMILES string of the molecule is COCc1c(C(=O)NCCOC2CCCCC2C)sc2cccc(F)c12. The third kappa shape index (κ3) is 4.24. The second kappa shape index (κ2) is 8.93. The molecule has 4 nitrogen and oxygen atoms in total. The lowest BCUT2D eigenvalue weighted by Crippen LogP contribution is -2.31. The van der Waals surface area contributed by atoms with E-state index in [1.165, 1.54) is 36.7 Å². The zero-order valence-electron chi connectivity index (χ0n) is 15.3. The van der Waals surface area contributed by atoms with E-state index in [4.69, 9.17) is 9.47 Å². The first-order chi connectivity index (χ1) is 12.6. The van der Waals surface area contributed by atoms with E-state index >= 15 is 0 Å². The number of rotatable bonds is 7. The maximum absolute atomic E-state index is 14.2. The molecular weight excluding hydrogens is 353 g/mol. The van der Waals surface area contributed by atoms with Gasteiger partial charge >= 0.3 is 0 Å². The van der Waals surface area contributed by atoms with Crippen LogP contribution in [0.4, 0.5) is 4.39 Å². The average Bonchev–Trinajstić information content (AvgIpc) is 3.00. The predicted molar refractivity (Wildman–Crippen MR) is 102 cm³/mol. The zero-order chi connectivity index (χ0) is 18.5. The Kier molecular flexibility index (Phi) is 6.62. The lowest BCUT2D eigenvalue weighted by Gasteiger charge is -2.28. The Morgan fingerprint density at radius 1 is 1.35 bits per heavy atom. The van der Waals surface area contributed by atoms with Crippen molar-refractivity contribution < 1.29 is 18.7 Å². The molecule has 0 spiro atoms. The predicted octanol–water partition coefficient (Wildman–Crippen LogP) is 4.51. The van der Waals surface area contributed by atoms with Crippen molar-refractivity contribution in [1.82, 2.24) is 5.32 Å². The van der Waals surface area contributed by atoms with Crippen LogP contribution < -0.4 is 5.32 Å². The van der Waals surface area contributed by atoms with Crippen LogP contribution in [0.3, 0.4) is 0 Å². The molecule has 1 saturated carbocycles. The van der Waals surface area contributed by atoms with Crippen LogP contribution in [0.2, 0.25) is 0 Å². The van der Waals surface area contributed by atoms with E-state index in [0.717, 1.165) is 11.1 Å². The van der Waals surface area contributed by atoms with Gasteiger partial charge in [0.25, 0.3) is 5.91 Å². The van der Waals surface area contributed by atoms with Crippen LogP contribution in [0.15, 0.2) is 18.2 Å². The summed E-state index contributed by atoms with van der Waals surface area (Å²) in [6.45, 7) is 3.38. The number of hydrogen-bond donors (Lipinski definition) is 1. The number of hydrogen-bond acceptors (Lipinski definition) is 4. The van der Waals surface area contributed by atoms with Crippen LogP contribution in [0.1, 0.15) is 47.8 Å². The van der Waals surface area contributed by atoms with E-state index in [-0.39, 0.29) is 18.3 Å². The Hall–Kier alpha value is -1.50. The van der Waals surface area contributed by atoms with Crippen molar-refractivity contribution in [3.05, 3.63) is 34.5 Å². The van der Waals surface area contributed by atoms with Gasteiger partial charge in [-0.15, -0.1) is 11.3 Å². The van der Waals surface area contributed by atoms with Crippen molar-refractivity contribution in [1.29, 1.82) is 0 Å². The summed E-state index contributed by atoms with van der Waals surface area (Å²) in [6, 6.07) is 4.90. The number of benzene rings is 1.